The summed E-state index contributed by atoms with van der Waals surface area (Å²) in [5.74, 6) is 0.582. The van der Waals surface area contributed by atoms with Crippen molar-refractivity contribution in [1.82, 2.24) is 9.88 Å². The molecule has 3 aromatic rings. The number of nitrogens with zero attached hydrogens (tertiary/aromatic N) is 2. The SMILES string of the molecule is CN(C)Cc1ccc(-c2ccc3ccnc(N)c3c2)cc1. The lowest BCUT2D eigenvalue weighted by Gasteiger charge is -2.10. The van der Waals surface area contributed by atoms with E-state index in [2.05, 4.69) is 66.4 Å². The third-order valence-electron chi connectivity index (χ3n) is 3.58. The van der Waals surface area contributed by atoms with E-state index in [1.807, 2.05) is 6.07 Å². The standard InChI is InChI=1S/C18H19N3/c1-21(2)12-13-3-5-14(6-4-13)16-8-7-15-9-10-20-18(19)17(15)11-16/h3-11H,12H2,1-2H3,(H2,19,20). The largest absolute Gasteiger partial charge is 0.383 e. The van der Waals surface area contributed by atoms with E-state index in [-0.39, 0.29) is 0 Å². The maximum atomic E-state index is 5.97. The number of hydrogen-bond donors (Lipinski definition) is 1. The highest BCUT2D eigenvalue weighted by molar-refractivity contribution is 5.94. The molecule has 0 saturated carbocycles. The fraction of sp³-hybridized carbons (Fsp3) is 0.167. The van der Waals surface area contributed by atoms with E-state index in [0.717, 1.165) is 17.3 Å². The van der Waals surface area contributed by atoms with E-state index in [0.29, 0.717) is 5.82 Å². The van der Waals surface area contributed by atoms with Crippen molar-refractivity contribution in [3.05, 3.63) is 60.3 Å². The van der Waals surface area contributed by atoms with Crippen molar-refractivity contribution in [2.45, 2.75) is 6.54 Å². The molecule has 0 fully saturated rings. The molecule has 0 spiro atoms. The van der Waals surface area contributed by atoms with Gasteiger partial charge in [-0.1, -0.05) is 36.4 Å². The number of fused-ring (bicyclic) bond motifs is 1. The van der Waals surface area contributed by atoms with Gasteiger partial charge in [0.1, 0.15) is 5.82 Å². The number of nitrogens with two attached hydrogens (primary N) is 1. The Kier molecular flexibility index (Phi) is 3.59. The first kappa shape index (κ1) is 13.6. The normalized spacial score (nSPS) is 11.2. The van der Waals surface area contributed by atoms with Crippen LogP contribution in [0.1, 0.15) is 5.56 Å². The van der Waals surface area contributed by atoms with Crippen LogP contribution >= 0.6 is 0 Å². The van der Waals surface area contributed by atoms with Gasteiger partial charge >= 0.3 is 0 Å². The van der Waals surface area contributed by atoms with Crippen LogP contribution in [0.25, 0.3) is 21.9 Å². The first-order valence-corrected chi connectivity index (χ1v) is 7.02. The molecule has 3 nitrogen and oxygen atoms in total. The topological polar surface area (TPSA) is 42.2 Å². The van der Waals surface area contributed by atoms with Crippen LogP contribution in [0.15, 0.2) is 54.7 Å². The lowest BCUT2D eigenvalue weighted by molar-refractivity contribution is 0.402. The number of hydrogen-bond acceptors (Lipinski definition) is 3. The Balaban J connectivity index is 1.98. The minimum Gasteiger partial charge on any atom is -0.383 e. The summed E-state index contributed by atoms with van der Waals surface area (Å²) in [7, 11) is 4.15. The number of benzene rings is 2. The Morgan fingerprint density at radius 2 is 1.67 bits per heavy atom. The van der Waals surface area contributed by atoms with Crippen LogP contribution in [0.2, 0.25) is 0 Å². The number of rotatable bonds is 3. The second-order valence-corrected chi connectivity index (χ2v) is 5.57. The van der Waals surface area contributed by atoms with Crippen molar-refractivity contribution in [2.75, 3.05) is 19.8 Å². The van der Waals surface area contributed by atoms with E-state index < -0.39 is 0 Å². The summed E-state index contributed by atoms with van der Waals surface area (Å²) in [6.45, 7) is 0.953. The predicted octanol–water partition coefficient (Wildman–Crippen LogP) is 3.55. The lowest BCUT2D eigenvalue weighted by atomic mass is 10.0. The molecule has 2 aromatic carbocycles. The van der Waals surface area contributed by atoms with Gasteiger partial charge in [-0.3, -0.25) is 0 Å². The molecule has 1 heterocycles. The fourth-order valence-electron chi connectivity index (χ4n) is 2.54. The smallest absolute Gasteiger partial charge is 0.131 e. The second kappa shape index (κ2) is 5.54. The summed E-state index contributed by atoms with van der Waals surface area (Å²) in [6, 6.07) is 17.0. The number of pyridine rings is 1. The summed E-state index contributed by atoms with van der Waals surface area (Å²) < 4.78 is 0. The van der Waals surface area contributed by atoms with Gasteiger partial charge < -0.3 is 10.6 Å². The van der Waals surface area contributed by atoms with Gasteiger partial charge in [0.25, 0.3) is 0 Å². The summed E-state index contributed by atoms with van der Waals surface area (Å²) in [5, 5.41) is 2.13. The van der Waals surface area contributed by atoms with Crippen LogP contribution in [-0.4, -0.2) is 24.0 Å². The van der Waals surface area contributed by atoms with E-state index in [1.165, 1.54) is 16.7 Å². The monoisotopic (exact) mass is 277 g/mol. The fourth-order valence-corrected chi connectivity index (χ4v) is 2.54. The molecule has 0 aliphatic heterocycles. The first-order valence-electron chi connectivity index (χ1n) is 7.02. The molecule has 1 aromatic heterocycles. The Bertz CT molecular complexity index is 761. The Morgan fingerprint density at radius 3 is 2.38 bits per heavy atom. The Labute approximate surface area is 125 Å². The molecule has 0 aliphatic carbocycles. The Hall–Kier alpha value is -2.39. The molecule has 0 unspecified atom stereocenters. The zero-order chi connectivity index (χ0) is 14.8. The second-order valence-electron chi connectivity index (χ2n) is 5.57. The van der Waals surface area contributed by atoms with Gasteiger partial charge in [0.05, 0.1) is 0 Å². The minimum absolute atomic E-state index is 0.582. The van der Waals surface area contributed by atoms with Crippen LogP contribution in [0.3, 0.4) is 0 Å². The molecule has 21 heavy (non-hydrogen) atoms. The van der Waals surface area contributed by atoms with Crippen LogP contribution < -0.4 is 5.73 Å². The minimum atomic E-state index is 0.582. The highest BCUT2D eigenvalue weighted by Crippen LogP contribution is 2.27. The lowest BCUT2D eigenvalue weighted by Crippen LogP contribution is -2.10. The molecule has 0 aliphatic rings. The Morgan fingerprint density at radius 1 is 0.952 bits per heavy atom. The van der Waals surface area contributed by atoms with Gasteiger partial charge in [-0.15, -0.1) is 0 Å². The maximum Gasteiger partial charge on any atom is 0.131 e. The molecule has 106 valence electrons. The molecule has 0 amide bonds. The van der Waals surface area contributed by atoms with Crippen molar-refractivity contribution in [1.29, 1.82) is 0 Å². The van der Waals surface area contributed by atoms with Crippen LogP contribution in [-0.2, 0) is 6.54 Å². The zero-order valence-electron chi connectivity index (χ0n) is 12.4. The molecule has 0 radical (unpaired) electrons. The van der Waals surface area contributed by atoms with E-state index >= 15 is 0 Å². The molecule has 2 N–H and O–H groups in total. The molecule has 0 atom stereocenters. The summed E-state index contributed by atoms with van der Waals surface area (Å²) in [4.78, 5) is 6.33. The van der Waals surface area contributed by atoms with Gasteiger partial charge in [-0.05, 0) is 48.3 Å². The highest BCUT2D eigenvalue weighted by atomic mass is 15.0. The van der Waals surface area contributed by atoms with Gasteiger partial charge in [-0.2, -0.15) is 0 Å². The van der Waals surface area contributed by atoms with E-state index in [9.17, 15) is 0 Å². The quantitative estimate of drug-likeness (QED) is 0.796. The molecule has 0 saturated heterocycles. The van der Waals surface area contributed by atoms with E-state index in [1.54, 1.807) is 6.20 Å². The zero-order valence-corrected chi connectivity index (χ0v) is 12.4. The molecule has 3 heteroatoms. The molecular formula is C18H19N3. The van der Waals surface area contributed by atoms with Crippen LogP contribution in [0.5, 0.6) is 0 Å². The van der Waals surface area contributed by atoms with Crippen LogP contribution in [0.4, 0.5) is 5.82 Å². The number of anilines is 1. The van der Waals surface area contributed by atoms with Crippen molar-refractivity contribution < 1.29 is 0 Å². The third-order valence-corrected chi connectivity index (χ3v) is 3.58. The molecule has 3 rings (SSSR count). The van der Waals surface area contributed by atoms with Crippen molar-refractivity contribution >= 4 is 16.6 Å². The molecular weight excluding hydrogens is 258 g/mol. The maximum absolute atomic E-state index is 5.97. The number of nitrogen functional groups attached to an aromatic ring is 1. The third kappa shape index (κ3) is 2.88. The van der Waals surface area contributed by atoms with Gasteiger partial charge in [-0.25, -0.2) is 4.98 Å². The average molecular weight is 277 g/mol. The highest BCUT2D eigenvalue weighted by Gasteiger charge is 2.03. The summed E-state index contributed by atoms with van der Waals surface area (Å²) >= 11 is 0. The predicted molar refractivity (Wildman–Crippen MR) is 89.0 cm³/mol. The summed E-state index contributed by atoms with van der Waals surface area (Å²) in [6.07, 6.45) is 1.74. The molecule has 0 bridgehead atoms. The van der Waals surface area contributed by atoms with Crippen LogP contribution in [0, 0.1) is 0 Å². The van der Waals surface area contributed by atoms with Crippen molar-refractivity contribution in [3.8, 4) is 11.1 Å². The van der Waals surface area contributed by atoms with E-state index in [4.69, 9.17) is 5.73 Å². The van der Waals surface area contributed by atoms with Gasteiger partial charge in [0.15, 0.2) is 0 Å². The number of aromatic nitrogens is 1. The van der Waals surface area contributed by atoms with Gasteiger partial charge in [0.2, 0.25) is 0 Å². The van der Waals surface area contributed by atoms with Crippen molar-refractivity contribution in [2.24, 2.45) is 0 Å². The van der Waals surface area contributed by atoms with Gasteiger partial charge in [0, 0.05) is 18.1 Å². The summed E-state index contributed by atoms with van der Waals surface area (Å²) in [5.41, 5.74) is 9.64. The average Bonchev–Trinajstić information content (AvgIpc) is 2.48. The first-order chi connectivity index (χ1) is 10.1. The van der Waals surface area contributed by atoms with Crippen molar-refractivity contribution in [3.63, 3.8) is 0 Å².